The van der Waals surface area contributed by atoms with Crippen LogP contribution in [-0.4, -0.2) is 58.9 Å². The van der Waals surface area contributed by atoms with Crippen molar-refractivity contribution >= 4 is 11.5 Å². The lowest BCUT2D eigenvalue weighted by molar-refractivity contribution is 0.0378. The fraction of sp³-hybridized carbons (Fsp3) is 0.455. The number of morpholine rings is 1. The Bertz CT molecular complexity index is 900. The summed E-state index contributed by atoms with van der Waals surface area (Å²) in [5, 5.41) is 8.22. The van der Waals surface area contributed by atoms with Gasteiger partial charge in [-0.2, -0.15) is 9.61 Å². The number of rotatable bonds is 7. The van der Waals surface area contributed by atoms with Gasteiger partial charge in [-0.15, -0.1) is 0 Å². The molecular formula is C22H29N5O. The van der Waals surface area contributed by atoms with Gasteiger partial charge in [0.15, 0.2) is 5.65 Å². The summed E-state index contributed by atoms with van der Waals surface area (Å²) in [7, 11) is 0. The maximum absolute atomic E-state index is 5.42. The van der Waals surface area contributed by atoms with Crippen molar-refractivity contribution in [1.82, 2.24) is 19.5 Å². The number of aromatic nitrogens is 3. The van der Waals surface area contributed by atoms with E-state index >= 15 is 0 Å². The Labute approximate surface area is 166 Å². The summed E-state index contributed by atoms with van der Waals surface area (Å²) in [6.07, 6.45) is 3.01. The van der Waals surface area contributed by atoms with E-state index in [-0.39, 0.29) is 0 Å². The zero-order chi connectivity index (χ0) is 19.3. The molecule has 0 spiro atoms. The van der Waals surface area contributed by atoms with Crippen LogP contribution in [0.2, 0.25) is 0 Å². The maximum atomic E-state index is 5.42. The topological polar surface area (TPSA) is 54.7 Å². The van der Waals surface area contributed by atoms with Crippen LogP contribution in [0.15, 0.2) is 42.6 Å². The summed E-state index contributed by atoms with van der Waals surface area (Å²) in [5.74, 6) is 1.37. The van der Waals surface area contributed by atoms with Gasteiger partial charge in [0, 0.05) is 37.0 Å². The van der Waals surface area contributed by atoms with Gasteiger partial charge in [0.05, 0.1) is 19.4 Å². The molecule has 6 heteroatoms. The van der Waals surface area contributed by atoms with Crippen LogP contribution < -0.4 is 5.32 Å². The van der Waals surface area contributed by atoms with E-state index in [2.05, 4.69) is 59.5 Å². The van der Waals surface area contributed by atoms with Crippen LogP contribution in [-0.2, 0) is 4.74 Å². The Kier molecular flexibility index (Phi) is 5.88. The lowest BCUT2D eigenvalue weighted by Gasteiger charge is -2.26. The molecule has 0 atom stereocenters. The van der Waals surface area contributed by atoms with Crippen LogP contribution in [0.5, 0.6) is 0 Å². The highest BCUT2D eigenvalue weighted by Gasteiger charge is 2.15. The zero-order valence-corrected chi connectivity index (χ0v) is 16.8. The average molecular weight is 380 g/mol. The monoisotopic (exact) mass is 379 g/mol. The molecule has 148 valence electrons. The Morgan fingerprint density at radius 3 is 2.68 bits per heavy atom. The van der Waals surface area contributed by atoms with Crippen LogP contribution in [0.25, 0.3) is 16.8 Å². The van der Waals surface area contributed by atoms with Gasteiger partial charge >= 0.3 is 0 Å². The van der Waals surface area contributed by atoms with Gasteiger partial charge < -0.3 is 10.1 Å². The van der Waals surface area contributed by atoms with Crippen molar-refractivity contribution in [3.63, 3.8) is 0 Å². The van der Waals surface area contributed by atoms with Crippen molar-refractivity contribution in [3.05, 3.63) is 48.3 Å². The van der Waals surface area contributed by atoms with Crippen LogP contribution >= 0.6 is 0 Å². The second kappa shape index (κ2) is 8.71. The molecule has 0 aliphatic carbocycles. The number of anilines is 1. The summed E-state index contributed by atoms with van der Waals surface area (Å²) in [4.78, 5) is 7.38. The van der Waals surface area contributed by atoms with Gasteiger partial charge in [-0.25, -0.2) is 4.98 Å². The number of nitrogens with zero attached hydrogens (tertiary/aromatic N) is 4. The molecule has 0 saturated carbocycles. The molecule has 1 saturated heterocycles. The van der Waals surface area contributed by atoms with Gasteiger partial charge in [0.2, 0.25) is 0 Å². The zero-order valence-electron chi connectivity index (χ0n) is 16.8. The standard InChI is InChI=1S/C22H29N5O/c1-17(2)20-15-21(23-9-6-10-26-11-13-28-14-12-26)27-22(25-20)19(16-24-27)18-7-4-3-5-8-18/h3-5,7-8,15-17,23H,6,9-14H2,1-2H3. The van der Waals surface area contributed by atoms with E-state index in [1.54, 1.807) is 0 Å². The fourth-order valence-corrected chi connectivity index (χ4v) is 3.57. The number of benzene rings is 1. The number of hydrogen-bond donors (Lipinski definition) is 1. The molecule has 0 bridgehead atoms. The lowest BCUT2D eigenvalue weighted by atomic mass is 10.1. The molecule has 1 aliphatic heterocycles. The molecular weight excluding hydrogens is 350 g/mol. The van der Waals surface area contributed by atoms with E-state index < -0.39 is 0 Å². The van der Waals surface area contributed by atoms with Gasteiger partial charge in [-0.05, 0) is 24.4 Å². The van der Waals surface area contributed by atoms with E-state index in [1.165, 1.54) is 0 Å². The average Bonchev–Trinajstić information content (AvgIpc) is 3.16. The van der Waals surface area contributed by atoms with E-state index in [1.807, 2.05) is 16.8 Å². The predicted molar refractivity (Wildman–Crippen MR) is 113 cm³/mol. The highest BCUT2D eigenvalue weighted by molar-refractivity contribution is 5.78. The SMILES string of the molecule is CC(C)c1cc(NCCCN2CCOCC2)n2ncc(-c3ccccc3)c2n1. The minimum Gasteiger partial charge on any atom is -0.379 e. The van der Waals surface area contributed by atoms with E-state index in [4.69, 9.17) is 9.72 Å². The number of fused-ring (bicyclic) bond motifs is 1. The number of hydrogen-bond acceptors (Lipinski definition) is 5. The van der Waals surface area contributed by atoms with Crippen molar-refractivity contribution in [2.24, 2.45) is 0 Å². The highest BCUT2D eigenvalue weighted by atomic mass is 16.5. The first-order valence-electron chi connectivity index (χ1n) is 10.2. The number of ether oxygens (including phenoxy) is 1. The molecule has 1 N–H and O–H groups in total. The smallest absolute Gasteiger partial charge is 0.165 e. The molecule has 4 rings (SSSR count). The summed E-state index contributed by atoms with van der Waals surface area (Å²) < 4.78 is 7.36. The van der Waals surface area contributed by atoms with Gasteiger partial charge in [-0.3, -0.25) is 4.90 Å². The highest BCUT2D eigenvalue weighted by Crippen LogP contribution is 2.27. The largest absolute Gasteiger partial charge is 0.379 e. The van der Waals surface area contributed by atoms with Crippen LogP contribution in [0.1, 0.15) is 31.9 Å². The molecule has 2 aromatic heterocycles. The molecule has 1 fully saturated rings. The summed E-state index contributed by atoms with van der Waals surface area (Å²) in [5.41, 5.74) is 4.21. The Morgan fingerprint density at radius 1 is 1.14 bits per heavy atom. The summed E-state index contributed by atoms with van der Waals surface area (Å²) in [6.45, 7) is 10.1. The molecule has 28 heavy (non-hydrogen) atoms. The number of nitrogens with one attached hydrogen (secondary N) is 1. The van der Waals surface area contributed by atoms with Gasteiger partial charge in [-0.1, -0.05) is 44.2 Å². The van der Waals surface area contributed by atoms with Crippen molar-refractivity contribution in [2.45, 2.75) is 26.2 Å². The minimum absolute atomic E-state index is 0.359. The van der Waals surface area contributed by atoms with Crippen LogP contribution in [0, 0.1) is 0 Å². The molecule has 1 aliphatic rings. The molecule has 6 nitrogen and oxygen atoms in total. The second-order valence-electron chi connectivity index (χ2n) is 7.61. The normalized spacial score (nSPS) is 15.4. The molecule has 0 radical (unpaired) electrons. The summed E-state index contributed by atoms with van der Waals surface area (Å²) >= 11 is 0. The van der Waals surface area contributed by atoms with Crippen LogP contribution in [0.4, 0.5) is 5.82 Å². The fourth-order valence-electron chi connectivity index (χ4n) is 3.57. The third-order valence-electron chi connectivity index (χ3n) is 5.23. The second-order valence-corrected chi connectivity index (χ2v) is 7.61. The maximum Gasteiger partial charge on any atom is 0.165 e. The van der Waals surface area contributed by atoms with Crippen LogP contribution in [0.3, 0.4) is 0 Å². The van der Waals surface area contributed by atoms with E-state index in [0.717, 1.165) is 74.1 Å². The first-order chi connectivity index (χ1) is 13.7. The quantitative estimate of drug-likeness (QED) is 0.635. The third-order valence-corrected chi connectivity index (χ3v) is 5.23. The minimum atomic E-state index is 0.359. The predicted octanol–water partition coefficient (Wildman–Crippen LogP) is 3.65. The van der Waals surface area contributed by atoms with Crippen molar-refractivity contribution < 1.29 is 4.74 Å². The summed E-state index contributed by atoms with van der Waals surface area (Å²) in [6, 6.07) is 12.5. The first-order valence-corrected chi connectivity index (χ1v) is 10.2. The van der Waals surface area contributed by atoms with Crippen molar-refractivity contribution in [3.8, 4) is 11.1 Å². The Hall–Kier alpha value is -2.44. The molecule has 3 heterocycles. The van der Waals surface area contributed by atoms with Crippen molar-refractivity contribution in [1.29, 1.82) is 0 Å². The van der Waals surface area contributed by atoms with E-state index in [9.17, 15) is 0 Å². The van der Waals surface area contributed by atoms with E-state index in [0.29, 0.717) is 5.92 Å². The molecule has 1 aromatic carbocycles. The molecule has 3 aromatic rings. The first kappa shape index (κ1) is 18.9. The van der Waals surface area contributed by atoms with Gasteiger partial charge in [0.25, 0.3) is 0 Å². The lowest BCUT2D eigenvalue weighted by Crippen LogP contribution is -2.37. The van der Waals surface area contributed by atoms with Crippen molar-refractivity contribution in [2.75, 3.05) is 44.7 Å². The molecule has 0 unspecified atom stereocenters. The Morgan fingerprint density at radius 2 is 1.93 bits per heavy atom. The molecule has 0 amide bonds. The van der Waals surface area contributed by atoms with Gasteiger partial charge in [0.1, 0.15) is 5.82 Å². The Balaban J connectivity index is 1.54. The third kappa shape index (κ3) is 4.18.